The average Bonchev–Trinajstić information content (AvgIpc) is 2.25. The van der Waals surface area contributed by atoms with Gasteiger partial charge in [-0.05, 0) is 12.1 Å². The third kappa shape index (κ3) is 2.68. The van der Waals surface area contributed by atoms with Crippen LogP contribution in [0.15, 0.2) is 12.1 Å². The fourth-order valence-electron chi connectivity index (χ4n) is 1.16. The zero-order valence-corrected chi connectivity index (χ0v) is 9.19. The molecule has 7 heteroatoms. The maximum Gasteiger partial charge on any atom is 0.417 e. The van der Waals surface area contributed by atoms with Crippen LogP contribution in [0.2, 0.25) is 5.02 Å². The summed E-state index contributed by atoms with van der Waals surface area (Å²) >= 11 is 5.39. The second-order valence-corrected chi connectivity index (χ2v) is 3.39. The number of carbonyl (C=O) groups is 1. The molecule has 1 aromatic rings. The van der Waals surface area contributed by atoms with Crippen molar-refractivity contribution in [2.24, 2.45) is 0 Å². The Labute approximate surface area is 99.4 Å². The molecule has 0 bridgehead atoms. The number of nitrogens with zero attached hydrogens (tertiary/aromatic N) is 1. The lowest BCUT2D eigenvalue weighted by Gasteiger charge is -2.11. The van der Waals surface area contributed by atoms with Crippen molar-refractivity contribution in [3.63, 3.8) is 0 Å². The van der Waals surface area contributed by atoms with Gasteiger partial charge in [-0.25, -0.2) is 4.79 Å². The maximum atomic E-state index is 12.5. The summed E-state index contributed by atoms with van der Waals surface area (Å²) in [5.41, 5.74) is -1.92. The van der Waals surface area contributed by atoms with E-state index in [9.17, 15) is 18.0 Å². The highest BCUT2D eigenvalue weighted by molar-refractivity contribution is 6.31. The summed E-state index contributed by atoms with van der Waals surface area (Å²) in [5, 5.41) is 8.05. The minimum atomic E-state index is -4.70. The standard InChI is InChI=1S/C10H5ClF3NO2/c1-17-9(16)6-3-7(10(12,13)14)8(11)2-5(6)4-15/h2-3H,1H3. The lowest BCUT2D eigenvalue weighted by atomic mass is 10.0. The van der Waals surface area contributed by atoms with Gasteiger partial charge in [0.15, 0.2) is 0 Å². The van der Waals surface area contributed by atoms with Gasteiger partial charge in [-0.3, -0.25) is 0 Å². The van der Waals surface area contributed by atoms with E-state index in [1.54, 1.807) is 6.07 Å². The quantitative estimate of drug-likeness (QED) is 0.732. The van der Waals surface area contributed by atoms with Gasteiger partial charge >= 0.3 is 12.1 Å². The number of carbonyl (C=O) groups excluding carboxylic acids is 1. The van der Waals surface area contributed by atoms with E-state index >= 15 is 0 Å². The van der Waals surface area contributed by atoms with Crippen molar-refractivity contribution in [2.45, 2.75) is 6.18 Å². The van der Waals surface area contributed by atoms with Gasteiger partial charge < -0.3 is 4.74 Å². The van der Waals surface area contributed by atoms with Crippen molar-refractivity contribution in [3.8, 4) is 6.07 Å². The SMILES string of the molecule is COC(=O)c1cc(C(F)(F)F)c(Cl)cc1C#N. The van der Waals surface area contributed by atoms with Crippen LogP contribution in [-0.2, 0) is 10.9 Å². The van der Waals surface area contributed by atoms with Crippen LogP contribution in [0.3, 0.4) is 0 Å². The smallest absolute Gasteiger partial charge is 0.417 e. The summed E-state index contributed by atoms with van der Waals surface area (Å²) in [6.07, 6.45) is -4.70. The summed E-state index contributed by atoms with van der Waals surface area (Å²) in [4.78, 5) is 11.2. The van der Waals surface area contributed by atoms with Crippen LogP contribution < -0.4 is 0 Å². The molecule has 0 atom stereocenters. The van der Waals surface area contributed by atoms with Gasteiger partial charge in [-0.1, -0.05) is 11.6 Å². The van der Waals surface area contributed by atoms with Crippen LogP contribution >= 0.6 is 11.6 Å². The van der Waals surface area contributed by atoms with E-state index in [2.05, 4.69) is 4.74 Å². The molecule has 0 aliphatic carbocycles. The van der Waals surface area contributed by atoms with E-state index in [-0.39, 0.29) is 5.56 Å². The molecule has 0 saturated carbocycles. The van der Waals surface area contributed by atoms with E-state index in [0.29, 0.717) is 6.07 Å². The number of alkyl halides is 3. The zero-order valence-electron chi connectivity index (χ0n) is 8.43. The normalized spacial score (nSPS) is 10.8. The Balaban J connectivity index is 3.50. The van der Waals surface area contributed by atoms with Crippen LogP contribution in [0.5, 0.6) is 0 Å². The predicted octanol–water partition coefficient (Wildman–Crippen LogP) is 3.02. The molecule has 0 aromatic heterocycles. The minimum absolute atomic E-state index is 0.269. The van der Waals surface area contributed by atoms with Crippen LogP contribution in [0.4, 0.5) is 13.2 Å². The Bertz CT molecular complexity index is 505. The molecule has 0 aliphatic rings. The monoisotopic (exact) mass is 263 g/mol. The Morgan fingerprint density at radius 2 is 2.06 bits per heavy atom. The number of rotatable bonds is 1. The van der Waals surface area contributed by atoms with Gasteiger partial charge in [0, 0.05) is 0 Å². The first-order chi connectivity index (χ1) is 7.81. The number of ether oxygens (including phenoxy) is 1. The molecule has 1 rings (SSSR count). The van der Waals surface area contributed by atoms with Crippen molar-refractivity contribution in [1.82, 2.24) is 0 Å². The van der Waals surface area contributed by atoms with Crippen molar-refractivity contribution in [1.29, 1.82) is 5.26 Å². The predicted molar refractivity (Wildman–Crippen MR) is 52.5 cm³/mol. The Kier molecular flexibility index (Phi) is 3.63. The number of methoxy groups -OCH3 is 1. The minimum Gasteiger partial charge on any atom is -0.465 e. The Morgan fingerprint density at radius 1 is 1.47 bits per heavy atom. The van der Waals surface area contributed by atoms with Crippen LogP contribution in [-0.4, -0.2) is 13.1 Å². The van der Waals surface area contributed by atoms with Crippen molar-refractivity contribution < 1.29 is 22.7 Å². The number of hydrogen-bond donors (Lipinski definition) is 0. The maximum absolute atomic E-state index is 12.5. The summed E-state index contributed by atoms with van der Waals surface area (Å²) in [5.74, 6) is -1.02. The second-order valence-electron chi connectivity index (χ2n) is 2.98. The summed E-state index contributed by atoms with van der Waals surface area (Å²) in [6, 6.07) is 2.87. The molecule has 0 heterocycles. The fourth-order valence-corrected chi connectivity index (χ4v) is 1.43. The third-order valence-corrected chi connectivity index (χ3v) is 2.25. The molecule has 3 nitrogen and oxygen atoms in total. The number of hydrogen-bond acceptors (Lipinski definition) is 3. The van der Waals surface area contributed by atoms with Crippen molar-refractivity contribution >= 4 is 17.6 Å². The summed E-state index contributed by atoms with van der Waals surface area (Å²) < 4.78 is 41.8. The summed E-state index contributed by atoms with van der Waals surface area (Å²) in [7, 11) is 1.01. The summed E-state index contributed by atoms with van der Waals surface area (Å²) in [6.45, 7) is 0. The fraction of sp³-hybridized carbons (Fsp3) is 0.200. The van der Waals surface area contributed by atoms with Gasteiger partial charge in [0.05, 0.1) is 28.8 Å². The highest BCUT2D eigenvalue weighted by Gasteiger charge is 2.35. The van der Waals surface area contributed by atoms with E-state index in [1.807, 2.05) is 0 Å². The number of nitriles is 1. The highest BCUT2D eigenvalue weighted by Crippen LogP contribution is 2.36. The molecule has 0 spiro atoms. The molecule has 0 amide bonds. The van der Waals surface area contributed by atoms with Crippen LogP contribution in [0, 0.1) is 11.3 Å². The molecular formula is C10H5ClF3NO2. The Morgan fingerprint density at radius 3 is 2.47 bits per heavy atom. The van der Waals surface area contributed by atoms with Gasteiger partial charge in [0.2, 0.25) is 0 Å². The van der Waals surface area contributed by atoms with E-state index in [4.69, 9.17) is 16.9 Å². The van der Waals surface area contributed by atoms with Crippen molar-refractivity contribution in [2.75, 3.05) is 7.11 Å². The van der Waals surface area contributed by atoms with Gasteiger partial charge in [0.25, 0.3) is 0 Å². The molecule has 0 aliphatic heterocycles. The molecule has 0 N–H and O–H groups in total. The Hall–Kier alpha value is -1.74. The molecular weight excluding hydrogens is 259 g/mol. The third-order valence-electron chi connectivity index (χ3n) is 1.94. The first-order valence-electron chi connectivity index (χ1n) is 4.20. The van der Waals surface area contributed by atoms with Crippen molar-refractivity contribution in [3.05, 3.63) is 33.8 Å². The molecule has 0 fully saturated rings. The number of benzene rings is 1. The molecule has 90 valence electrons. The average molecular weight is 264 g/mol. The second kappa shape index (κ2) is 4.63. The number of esters is 1. The van der Waals surface area contributed by atoms with E-state index in [0.717, 1.165) is 13.2 Å². The van der Waals surface area contributed by atoms with Gasteiger partial charge in [-0.15, -0.1) is 0 Å². The molecule has 0 radical (unpaired) electrons. The molecule has 0 saturated heterocycles. The molecule has 17 heavy (non-hydrogen) atoms. The zero-order chi connectivity index (χ0) is 13.2. The first-order valence-corrected chi connectivity index (χ1v) is 4.58. The highest BCUT2D eigenvalue weighted by atomic mass is 35.5. The lowest BCUT2D eigenvalue weighted by Crippen LogP contribution is -2.11. The topological polar surface area (TPSA) is 50.1 Å². The van der Waals surface area contributed by atoms with E-state index in [1.165, 1.54) is 0 Å². The lowest BCUT2D eigenvalue weighted by molar-refractivity contribution is -0.137. The van der Waals surface area contributed by atoms with Gasteiger partial charge in [-0.2, -0.15) is 18.4 Å². The largest absolute Gasteiger partial charge is 0.465 e. The molecule has 0 unspecified atom stereocenters. The van der Waals surface area contributed by atoms with E-state index < -0.39 is 28.3 Å². The van der Waals surface area contributed by atoms with Crippen LogP contribution in [0.1, 0.15) is 21.5 Å². The first kappa shape index (κ1) is 13.3. The van der Waals surface area contributed by atoms with Gasteiger partial charge in [0.1, 0.15) is 6.07 Å². The number of halogens is 4. The van der Waals surface area contributed by atoms with Crippen LogP contribution in [0.25, 0.3) is 0 Å². The molecule has 1 aromatic carbocycles.